The largest absolute Gasteiger partial charge is 0.339 e. The summed E-state index contributed by atoms with van der Waals surface area (Å²) in [4.78, 5) is 16.7. The molecule has 0 saturated carbocycles. The topological polar surface area (TPSA) is 46.9 Å². The Balaban J connectivity index is 2.03. The molecular weight excluding hydrogens is 338 g/mol. The summed E-state index contributed by atoms with van der Waals surface area (Å²) in [7, 11) is 1.88. The van der Waals surface area contributed by atoms with Gasteiger partial charge in [-0.3, -0.25) is 10.1 Å². The lowest BCUT2D eigenvalue weighted by Gasteiger charge is -2.04. The summed E-state index contributed by atoms with van der Waals surface area (Å²) in [5.74, 6) is -0.162. The van der Waals surface area contributed by atoms with Crippen molar-refractivity contribution >= 4 is 49.2 Å². The number of para-hydroxylation sites is 1. The van der Waals surface area contributed by atoms with Crippen LogP contribution in [0.25, 0.3) is 10.9 Å². The molecule has 3 aromatic rings. The van der Waals surface area contributed by atoms with Gasteiger partial charge in [0.05, 0.1) is 10.2 Å². The highest BCUT2D eigenvalue weighted by molar-refractivity contribution is 9.10. The Morgan fingerprint density at radius 1 is 1.40 bits per heavy atom. The van der Waals surface area contributed by atoms with E-state index in [0.29, 0.717) is 10.8 Å². The van der Waals surface area contributed by atoms with Gasteiger partial charge >= 0.3 is 0 Å². The lowest BCUT2D eigenvalue weighted by atomic mass is 10.2. The zero-order chi connectivity index (χ0) is 14.3. The number of anilines is 1. The Kier molecular flexibility index (Phi) is 3.35. The van der Waals surface area contributed by atoms with E-state index in [1.807, 2.05) is 48.2 Å². The van der Waals surface area contributed by atoms with Crippen LogP contribution in [-0.4, -0.2) is 15.5 Å². The van der Waals surface area contributed by atoms with Crippen molar-refractivity contribution < 1.29 is 4.79 Å². The fourth-order valence-corrected chi connectivity index (χ4v) is 3.63. The van der Waals surface area contributed by atoms with Crippen molar-refractivity contribution in [1.82, 2.24) is 9.55 Å². The second-order valence-electron chi connectivity index (χ2n) is 4.49. The predicted molar refractivity (Wildman–Crippen MR) is 85.4 cm³/mol. The maximum Gasteiger partial charge on any atom is 0.275 e. The van der Waals surface area contributed by atoms with Gasteiger partial charge in [0.1, 0.15) is 5.69 Å². The molecule has 0 radical (unpaired) electrons. The summed E-state index contributed by atoms with van der Waals surface area (Å²) in [6, 6.07) is 7.90. The number of halogens is 1. The molecule has 0 fully saturated rings. The van der Waals surface area contributed by atoms with E-state index in [-0.39, 0.29) is 5.91 Å². The van der Waals surface area contributed by atoms with Crippen LogP contribution in [-0.2, 0) is 7.05 Å². The Labute approximate surface area is 128 Å². The Bertz CT molecular complexity index is 767. The summed E-state index contributed by atoms with van der Waals surface area (Å²) in [6.07, 6.45) is 0. The van der Waals surface area contributed by atoms with Crippen LogP contribution in [0.3, 0.4) is 0 Å². The molecule has 0 aliphatic heterocycles. The molecule has 0 aliphatic rings. The Hall–Kier alpha value is -1.66. The molecule has 1 aromatic carbocycles. The van der Waals surface area contributed by atoms with Crippen LogP contribution < -0.4 is 5.32 Å². The minimum absolute atomic E-state index is 0.162. The van der Waals surface area contributed by atoms with E-state index >= 15 is 0 Å². The van der Waals surface area contributed by atoms with Gasteiger partial charge in [-0.1, -0.05) is 18.2 Å². The van der Waals surface area contributed by atoms with E-state index < -0.39 is 0 Å². The van der Waals surface area contributed by atoms with Crippen molar-refractivity contribution in [2.45, 2.75) is 6.92 Å². The zero-order valence-corrected chi connectivity index (χ0v) is 13.4. The molecule has 0 saturated heterocycles. The summed E-state index contributed by atoms with van der Waals surface area (Å²) in [5.41, 5.74) is 2.51. The molecule has 102 valence electrons. The number of hydrogen-bond donors (Lipinski definition) is 1. The quantitative estimate of drug-likeness (QED) is 0.761. The van der Waals surface area contributed by atoms with Crippen molar-refractivity contribution in [3.05, 3.63) is 45.5 Å². The summed E-state index contributed by atoms with van der Waals surface area (Å²) < 4.78 is 2.69. The van der Waals surface area contributed by atoms with Gasteiger partial charge in [-0.25, -0.2) is 4.98 Å². The first-order valence-electron chi connectivity index (χ1n) is 6.04. The number of fused-ring (bicyclic) bond motifs is 1. The van der Waals surface area contributed by atoms with E-state index in [1.54, 1.807) is 0 Å². The molecule has 0 aliphatic carbocycles. The van der Waals surface area contributed by atoms with Crippen LogP contribution >= 0.6 is 27.3 Å². The number of carbonyl (C=O) groups is 1. The molecule has 4 nitrogen and oxygen atoms in total. The van der Waals surface area contributed by atoms with Crippen molar-refractivity contribution in [2.75, 3.05) is 5.32 Å². The van der Waals surface area contributed by atoms with E-state index in [4.69, 9.17) is 0 Å². The van der Waals surface area contributed by atoms with Gasteiger partial charge in [-0.15, -0.1) is 11.3 Å². The SMILES string of the molecule is Cc1csc(NC(=O)c2c(Br)c3ccccc3n2C)n1. The van der Waals surface area contributed by atoms with Gasteiger partial charge in [-0.2, -0.15) is 0 Å². The summed E-state index contributed by atoms with van der Waals surface area (Å²) >= 11 is 4.95. The van der Waals surface area contributed by atoms with Crippen molar-refractivity contribution in [3.63, 3.8) is 0 Å². The summed E-state index contributed by atoms with van der Waals surface area (Å²) in [5, 5.41) is 6.39. The second kappa shape index (κ2) is 5.03. The second-order valence-corrected chi connectivity index (χ2v) is 6.14. The third-order valence-corrected chi connectivity index (χ3v) is 4.78. The zero-order valence-electron chi connectivity index (χ0n) is 11.0. The van der Waals surface area contributed by atoms with E-state index in [1.165, 1.54) is 11.3 Å². The van der Waals surface area contributed by atoms with Gasteiger partial charge in [0.2, 0.25) is 0 Å². The molecule has 6 heteroatoms. The molecule has 3 rings (SSSR count). The molecule has 0 unspecified atom stereocenters. The van der Waals surface area contributed by atoms with Gasteiger partial charge < -0.3 is 4.57 Å². The Morgan fingerprint density at radius 2 is 2.15 bits per heavy atom. The van der Waals surface area contributed by atoms with E-state index in [9.17, 15) is 4.79 Å². The van der Waals surface area contributed by atoms with Crippen molar-refractivity contribution in [2.24, 2.45) is 7.05 Å². The predicted octanol–water partition coefficient (Wildman–Crippen LogP) is 3.96. The third-order valence-electron chi connectivity index (χ3n) is 3.10. The average molecular weight is 350 g/mol. The summed E-state index contributed by atoms with van der Waals surface area (Å²) in [6.45, 7) is 1.90. The molecule has 0 bridgehead atoms. The molecule has 1 N–H and O–H groups in total. The van der Waals surface area contributed by atoms with Crippen LogP contribution in [0.15, 0.2) is 34.1 Å². The van der Waals surface area contributed by atoms with E-state index in [2.05, 4.69) is 26.2 Å². The lowest BCUT2D eigenvalue weighted by Crippen LogP contribution is -2.16. The van der Waals surface area contributed by atoms with E-state index in [0.717, 1.165) is 21.1 Å². The first kappa shape index (κ1) is 13.3. The molecule has 2 heterocycles. The third kappa shape index (κ3) is 2.14. The van der Waals surface area contributed by atoms with Crippen LogP contribution in [0.5, 0.6) is 0 Å². The van der Waals surface area contributed by atoms with Gasteiger partial charge in [0.25, 0.3) is 5.91 Å². The smallest absolute Gasteiger partial charge is 0.275 e. The van der Waals surface area contributed by atoms with Gasteiger partial charge in [-0.05, 0) is 28.9 Å². The van der Waals surface area contributed by atoms with Crippen LogP contribution in [0.1, 0.15) is 16.2 Å². The highest BCUT2D eigenvalue weighted by Gasteiger charge is 2.19. The monoisotopic (exact) mass is 349 g/mol. The number of amides is 1. The highest BCUT2D eigenvalue weighted by atomic mass is 79.9. The Morgan fingerprint density at radius 3 is 2.80 bits per heavy atom. The lowest BCUT2D eigenvalue weighted by molar-refractivity contribution is 0.101. The number of carbonyl (C=O) groups excluding carboxylic acids is 1. The fraction of sp³-hybridized carbons (Fsp3) is 0.143. The first-order chi connectivity index (χ1) is 9.58. The molecule has 20 heavy (non-hydrogen) atoms. The number of aromatic nitrogens is 2. The number of nitrogens with zero attached hydrogens (tertiary/aromatic N) is 2. The molecule has 0 spiro atoms. The standard InChI is InChI=1S/C14H12BrN3OS/c1-8-7-20-14(16-8)17-13(19)12-11(15)9-5-3-4-6-10(9)18(12)2/h3-7H,1-2H3,(H,16,17,19). The minimum Gasteiger partial charge on any atom is -0.339 e. The maximum absolute atomic E-state index is 12.4. The number of benzene rings is 1. The number of nitrogens with one attached hydrogen (secondary N) is 1. The van der Waals surface area contributed by atoms with Crippen LogP contribution in [0, 0.1) is 6.92 Å². The normalized spacial score (nSPS) is 10.9. The molecule has 0 atom stereocenters. The maximum atomic E-state index is 12.4. The van der Waals surface area contributed by atoms with Gasteiger partial charge in [0.15, 0.2) is 5.13 Å². The van der Waals surface area contributed by atoms with Gasteiger partial charge in [0, 0.05) is 23.3 Å². The fourth-order valence-electron chi connectivity index (χ4n) is 2.17. The highest BCUT2D eigenvalue weighted by Crippen LogP contribution is 2.30. The number of rotatable bonds is 2. The minimum atomic E-state index is -0.162. The number of thiazole rings is 1. The molecular formula is C14H12BrN3OS. The molecule has 2 aromatic heterocycles. The van der Waals surface area contributed by atoms with Crippen LogP contribution in [0.4, 0.5) is 5.13 Å². The number of hydrogen-bond acceptors (Lipinski definition) is 3. The van der Waals surface area contributed by atoms with Crippen LogP contribution in [0.2, 0.25) is 0 Å². The number of aryl methyl sites for hydroxylation is 2. The first-order valence-corrected chi connectivity index (χ1v) is 7.71. The van der Waals surface area contributed by atoms with Crippen molar-refractivity contribution in [3.8, 4) is 0 Å². The molecule has 1 amide bonds. The van der Waals surface area contributed by atoms with Crippen molar-refractivity contribution in [1.29, 1.82) is 0 Å². The average Bonchev–Trinajstić information content (AvgIpc) is 2.93.